The van der Waals surface area contributed by atoms with E-state index in [4.69, 9.17) is 8.42 Å². The minimum atomic E-state index is -6.72. The van der Waals surface area contributed by atoms with E-state index in [1.807, 2.05) is 0 Å². The molecular weight excluding hydrogens is 540 g/mol. The topological polar surface area (TPSA) is 105 Å². The van der Waals surface area contributed by atoms with Crippen LogP contribution in [-0.4, -0.2) is 65.9 Å². The van der Waals surface area contributed by atoms with Crippen molar-refractivity contribution in [2.75, 3.05) is 19.9 Å². The number of hydrogen-bond acceptors (Lipinski definition) is 8. The molecule has 0 saturated carbocycles. The normalized spacial score (nSPS) is 24.2. The van der Waals surface area contributed by atoms with Crippen LogP contribution in [0.2, 0.25) is 0 Å². The van der Waals surface area contributed by atoms with Gasteiger partial charge in [-0.2, -0.15) is 60.7 Å². The van der Waals surface area contributed by atoms with E-state index in [0.717, 1.165) is 0 Å². The fraction of sp³-hybridized carbons (Fsp3) is 0.800. The zero-order chi connectivity index (χ0) is 25.8. The van der Waals surface area contributed by atoms with Gasteiger partial charge in [0.25, 0.3) is 0 Å². The Morgan fingerprint density at radius 2 is 1.50 bits per heavy atom. The molecule has 0 aliphatic carbocycles. The zero-order valence-corrected chi connectivity index (χ0v) is 15.9. The molecule has 1 saturated heterocycles. The molecule has 0 N–H and O–H groups in total. The lowest BCUT2D eigenvalue weighted by molar-refractivity contribution is -0.464. The van der Waals surface area contributed by atoms with Crippen molar-refractivity contribution >= 4 is 21.8 Å². The van der Waals surface area contributed by atoms with E-state index in [-0.39, 0.29) is 0 Å². The molecule has 1 rings (SSSR count). The average Bonchev–Trinajstić information content (AvgIpc) is 2.87. The average molecular weight is 546 g/mol. The van der Waals surface area contributed by atoms with Gasteiger partial charge in [-0.3, -0.25) is 0 Å². The fourth-order valence-electron chi connectivity index (χ4n) is 1.57. The lowest BCUT2D eigenvalue weighted by atomic mass is 10.1. The Balaban J connectivity index is 0.00000302. The van der Waals surface area contributed by atoms with Crippen LogP contribution < -0.4 is 0 Å². The van der Waals surface area contributed by atoms with Gasteiger partial charge in [-0.1, -0.05) is 3.89 Å². The highest BCUT2D eigenvalue weighted by atomic mass is 32.3. The smallest absolute Gasteiger partial charge is 0.414 e. The van der Waals surface area contributed by atoms with Gasteiger partial charge in [0.15, 0.2) is 6.67 Å². The predicted molar refractivity (Wildman–Crippen MR) is 70.8 cm³/mol. The van der Waals surface area contributed by atoms with E-state index < -0.39 is 82.9 Å². The first kappa shape index (κ1) is 30.2. The molecular formula is C10H6F12O8S2. The monoisotopic (exact) mass is 546 g/mol. The number of hydrogen-bond donors (Lipinski definition) is 0. The summed E-state index contributed by atoms with van der Waals surface area (Å²) in [6.45, 7) is -8.41. The first-order chi connectivity index (χ1) is 14.2. The molecule has 190 valence electrons. The van der Waals surface area contributed by atoms with E-state index in [2.05, 4.69) is 18.9 Å². The molecule has 32 heavy (non-hydrogen) atoms. The molecule has 2 unspecified atom stereocenters. The van der Waals surface area contributed by atoms with Gasteiger partial charge in [0.1, 0.15) is 13.2 Å². The minimum absolute atomic E-state index is 0.750. The highest BCUT2D eigenvalue weighted by Gasteiger charge is 2.81. The van der Waals surface area contributed by atoms with E-state index in [0.29, 0.717) is 0 Å². The van der Waals surface area contributed by atoms with Crippen molar-refractivity contribution in [2.45, 2.75) is 29.2 Å². The maximum absolute atomic E-state index is 14.4. The van der Waals surface area contributed by atoms with Crippen molar-refractivity contribution in [1.82, 2.24) is 0 Å². The largest absolute Gasteiger partial charge is 0.438 e. The van der Waals surface area contributed by atoms with Crippen molar-refractivity contribution in [2.24, 2.45) is 0 Å². The Morgan fingerprint density at radius 3 is 1.88 bits per heavy atom. The van der Waals surface area contributed by atoms with Gasteiger partial charge in [0.2, 0.25) is 0 Å². The summed E-state index contributed by atoms with van der Waals surface area (Å²) in [6.07, 6.45) is -15.2. The summed E-state index contributed by atoms with van der Waals surface area (Å²) in [5.74, 6) is -13.7. The number of rotatable bonds is 9. The highest BCUT2D eigenvalue weighted by Crippen LogP contribution is 2.54. The van der Waals surface area contributed by atoms with Gasteiger partial charge in [-0.25, -0.2) is 9.13 Å². The molecule has 1 fully saturated rings. The van der Waals surface area contributed by atoms with Gasteiger partial charge in [-0.15, -0.1) is 0 Å². The number of halogens is 12. The Labute approximate surface area is 171 Å². The third-order valence-corrected chi connectivity index (χ3v) is 3.68. The Bertz CT molecular complexity index is 841. The summed E-state index contributed by atoms with van der Waals surface area (Å²) in [5.41, 5.74) is 0. The van der Waals surface area contributed by atoms with Crippen LogP contribution >= 0.6 is 0 Å². The van der Waals surface area contributed by atoms with Crippen molar-refractivity contribution in [3.63, 3.8) is 0 Å². The van der Waals surface area contributed by atoms with Gasteiger partial charge >= 0.3 is 63.0 Å². The second-order valence-corrected chi connectivity index (χ2v) is 6.71. The summed E-state index contributed by atoms with van der Waals surface area (Å²) >= 11 is -0.750. The molecule has 8 nitrogen and oxygen atoms in total. The van der Waals surface area contributed by atoms with E-state index >= 15 is 0 Å². The molecule has 0 aromatic rings. The van der Waals surface area contributed by atoms with Crippen molar-refractivity contribution in [3.05, 3.63) is 12.0 Å². The third-order valence-electron chi connectivity index (χ3n) is 2.84. The van der Waals surface area contributed by atoms with Gasteiger partial charge in [0.05, 0.1) is 0 Å². The maximum atomic E-state index is 14.4. The molecule has 0 bridgehead atoms. The van der Waals surface area contributed by atoms with Crippen LogP contribution in [0.3, 0.4) is 0 Å². The highest BCUT2D eigenvalue weighted by molar-refractivity contribution is 7.87. The van der Waals surface area contributed by atoms with Crippen molar-refractivity contribution in [3.8, 4) is 0 Å². The molecule has 0 radical (unpaired) electrons. The molecule has 1 aliphatic rings. The van der Waals surface area contributed by atoms with Crippen LogP contribution in [0.4, 0.5) is 52.2 Å². The molecule has 1 heterocycles. The molecule has 0 aromatic carbocycles. The number of alkyl halides is 9. The summed E-state index contributed by atoms with van der Waals surface area (Å²) in [5, 5.41) is -5.45. The van der Waals surface area contributed by atoms with Crippen LogP contribution in [0.1, 0.15) is 0 Å². The first-order valence-electron chi connectivity index (χ1n) is 6.79. The minimum Gasteiger partial charge on any atom is -0.414 e. The zero-order valence-electron chi connectivity index (χ0n) is 14.2. The van der Waals surface area contributed by atoms with Crippen LogP contribution in [0.5, 0.6) is 0 Å². The Kier molecular flexibility index (Phi) is 9.42. The standard InChI is InChI=1S/C10H6F12O6S.O2S/c11-1-7(15,16)28-10(20,21)9(19)6(14,26-5(27-9)4(12)13)2-25-3-8(17,18)29(22,23)24;1-3-2/h1-3H2;. The van der Waals surface area contributed by atoms with Gasteiger partial charge in [-0.05, 0) is 0 Å². The van der Waals surface area contributed by atoms with Crippen molar-refractivity contribution in [1.29, 1.82) is 0 Å². The van der Waals surface area contributed by atoms with Crippen LogP contribution in [0.15, 0.2) is 12.0 Å². The Morgan fingerprint density at radius 1 is 1.03 bits per heavy atom. The third kappa shape index (κ3) is 6.60. The summed E-state index contributed by atoms with van der Waals surface area (Å²) in [6, 6.07) is 0. The summed E-state index contributed by atoms with van der Waals surface area (Å²) in [7, 11) is -6.72. The first-order valence-corrected chi connectivity index (χ1v) is 8.85. The van der Waals surface area contributed by atoms with E-state index in [1.165, 1.54) is 0 Å². The van der Waals surface area contributed by atoms with Crippen molar-refractivity contribution < 1.29 is 88.0 Å². The van der Waals surface area contributed by atoms with Crippen LogP contribution in [0, 0.1) is 0 Å². The maximum Gasteiger partial charge on any atom is 0.438 e. The Hall–Kier alpha value is -1.81. The quantitative estimate of drug-likeness (QED) is 0.321. The summed E-state index contributed by atoms with van der Waals surface area (Å²) < 4.78 is 205. The van der Waals surface area contributed by atoms with Gasteiger partial charge in [0, 0.05) is 0 Å². The lowest BCUT2D eigenvalue weighted by Crippen LogP contribution is -2.62. The second-order valence-electron chi connectivity index (χ2n) is 5.10. The SMILES string of the molecule is O=S(=O)(F)C(F)(F)COCC1(F)OC(=C(F)F)OC1(F)C(F)(F)OC(F)(F)CF.O=S=O. The van der Waals surface area contributed by atoms with E-state index in [9.17, 15) is 60.6 Å². The van der Waals surface area contributed by atoms with Crippen LogP contribution in [-0.2, 0) is 40.7 Å². The fourth-order valence-corrected chi connectivity index (χ4v) is 1.79. The molecule has 22 heteroatoms. The molecule has 1 aliphatic heterocycles. The lowest BCUT2D eigenvalue weighted by Gasteiger charge is -2.34. The second kappa shape index (κ2) is 9.99. The van der Waals surface area contributed by atoms with E-state index in [1.54, 1.807) is 0 Å². The predicted octanol–water partition coefficient (Wildman–Crippen LogP) is 2.84. The molecule has 0 amide bonds. The van der Waals surface area contributed by atoms with Crippen LogP contribution in [0.25, 0.3) is 0 Å². The molecule has 0 aromatic heterocycles. The van der Waals surface area contributed by atoms with Gasteiger partial charge < -0.3 is 14.2 Å². The molecule has 2 atom stereocenters. The summed E-state index contributed by atoms with van der Waals surface area (Å²) in [4.78, 5) is 0. The molecule has 0 spiro atoms. The number of ether oxygens (including phenoxy) is 4.